The number of hydrogen-bond donors (Lipinski definition) is 1. The highest BCUT2D eigenvalue weighted by Gasteiger charge is 2.52. The molecular weight excluding hydrogens is 416 g/mol. The number of carbonyl (C=O) groups excluding carboxylic acids is 3. The predicted molar refractivity (Wildman–Crippen MR) is 128 cm³/mol. The van der Waals surface area contributed by atoms with E-state index < -0.39 is 5.66 Å². The van der Waals surface area contributed by atoms with Gasteiger partial charge in [0.25, 0.3) is 5.91 Å². The van der Waals surface area contributed by atoms with Gasteiger partial charge in [0, 0.05) is 32.5 Å². The van der Waals surface area contributed by atoms with Gasteiger partial charge >= 0.3 is 0 Å². The molecule has 1 N–H and O–H groups in total. The highest BCUT2D eigenvalue weighted by atomic mass is 16.2. The molecule has 7 heteroatoms. The first kappa shape index (κ1) is 21.5. The van der Waals surface area contributed by atoms with Gasteiger partial charge in [-0.25, -0.2) is 0 Å². The number of rotatable bonds is 6. The van der Waals surface area contributed by atoms with E-state index in [9.17, 15) is 14.4 Å². The first-order valence-corrected chi connectivity index (χ1v) is 11.9. The van der Waals surface area contributed by atoms with E-state index >= 15 is 0 Å². The van der Waals surface area contributed by atoms with E-state index in [0.29, 0.717) is 43.5 Å². The Morgan fingerprint density at radius 3 is 2.48 bits per heavy atom. The fourth-order valence-electron chi connectivity index (χ4n) is 5.47. The molecule has 2 aromatic rings. The van der Waals surface area contributed by atoms with Gasteiger partial charge in [-0.1, -0.05) is 24.3 Å². The van der Waals surface area contributed by atoms with Crippen molar-refractivity contribution in [3.63, 3.8) is 0 Å². The van der Waals surface area contributed by atoms with Crippen LogP contribution in [0.5, 0.6) is 0 Å². The molecule has 3 aliphatic heterocycles. The number of para-hydroxylation sites is 3. The molecule has 2 saturated heterocycles. The van der Waals surface area contributed by atoms with Crippen LogP contribution >= 0.6 is 0 Å². The van der Waals surface area contributed by atoms with Crippen LogP contribution in [0.4, 0.5) is 17.1 Å². The molecule has 2 aromatic carbocycles. The van der Waals surface area contributed by atoms with Crippen LogP contribution in [0.15, 0.2) is 48.5 Å². The number of hydrogen-bond acceptors (Lipinski definition) is 4. The molecule has 1 atom stereocenters. The van der Waals surface area contributed by atoms with Crippen molar-refractivity contribution >= 4 is 34.8 Å². The Kier molecular flexibility index (Phi) is 5.56. The van der Waals surface area contributed by atoms with Crippen molar-refractivity contribution in [1.29, 1.82) is 0 Å². The van der Waals surface area contributed by atoms with Crippen molar-refractivity contribution in [3.8, 4) is 0 Å². The van der Waals surface area contributed by atoms with E-state index in [1.807, 2.05) is 43.3 Å². The Morgan fingerprint density at radius 2 is 1.70 bits per heavy atom. The molecule has 2 fully saturated rings. The van der Waals surface area contributed by atoms with E-state index in [0.717, 1.165) is 24.5 Å². The highest BCUT2D eigenvalue weighted by molar-refractivity contribution is 6.10. The van der Waals surface area contributed by atoms with Crippen molar-refractivity contribution in [2.24, 2.45) is 0 Å². The third kappa shape index (κ3) is 3.75. The summed E-state index contributed by atoms with van der Waals surface area (Å²) in [6, 6.07) is 15.2. The van der Waals surface area contributed by atoms with E-state index in [1.165, 1.54) is 12.8 Å². The first-order chi connectivity index (χ1) is 16.0. The molecule has 33 heavy (non-hydrogen) atoms. The van der Waals surface area contributed by atoms with Crippen LogP contribution in [0.2, 0.25) is 0 Å². The molecular formula is C26H30N4O3. The number of benzene rings is 2. The van der Waals surface area contributed by atoms with Crippen LogP contribution in [0.3, 0.4) is 0 Å². The summed E-state index contributed by atoms with van der Waals surface area (Å²) in [5, 5.41) is 3.07. The molecule has 0 radical (unpaired) electrons. The Labute approximate surface area is 194 Å². The topological polar surface area (TPSA) is 73.0 Å². The van der Waals surface area contributed by atoms with Crippen LogP contribution in [-0.4, -0.2) is 47.9 Å². The summed E-state index contributed by atoms with van der Waals surface area (Å²) in [6.45, 7) is 4.41. The van der Waals surface area contributed by atoms with Crippen molar-refractivity contribution < 1.29 is 14.4 Å². The molecule has 5 rings (SSSR count). The number of fused-ring (bicyclic) bond motifs is 3. The first-order valence-electron chi connectivity index (χ1n) is 11.9. The second-order valence-electron chi connectivity index (χ2n) is 9.28. The lowest BCUT2D eigenvalue weighted by Gasteiger charge is -2.48. The van der Waals surface area contributed by atoms with Crippen molar-refractivity contribution in [2.75, 3.05) is 34.8 Å². The van der Waals surface area contributed by atoms with E-state index in [2.05, 4.69) is 16.3 Å². The Hall–Kier alpha value is -3.35. The summed E-state index contributed by atoms with van der Waals surface area (Å²) in [4.78, 5) is 44.6. The zero-order valence-corrected chi connectivity index (χ0v) is 19.0. The van der Waals surface area contributed by atoms with Crippen LogP contribution < -0.4 is 15.1 Å². The average molecular weight is 447 g/mol. The Balaban J connectivity index is 1.26. The van der Waals surface area contributed by atoms with Gasteiger partial charge in [0.2, 0.25) is 11.8 Å². The molecule has 3 amide bonds. The second-order valence-corrected chi connectivity index (χ2v) is 9.28. The van der Waals surface area contributed by atoms with Gasteiger partial charge in [-0.05, 0) is 56.9 Å². The largest absolute Gasteiger partial charge is 0.370 e. The van der Waals surface area contributed by atoms with Gasteiger partial charge in [-0.15, -0.1) is 0 Å². The van der Waals surface area contributed by atoms with Crippen LogP contribution in [0.25, 0.3) is 0 Å². The molecule has 3 aliphatic rings. The molecule has 3 heterocycles. The van der Waals surface area contributed by atoms with Crippen molar-refractivity contribution in [3.05, 3.63) is 54.1 Å². The second kappa shape index (κ2) is 8.54. The zero-order valence-electron chi connectivity index (χ0n) is 19.0. The molecule has 7 nitrogen and oxygen atoms in total. The number of carbonyl (C=O) groups is 3. The Morgan fingerprint density at radius 1 is 1.00 bits per heavy atom. The third-order valence-electron chi connectivity index (χ3n) is 7.16. The maximum absolute atomic E-state index is 13.3. The smallest absolute Gasteiger partial charge is 0.257 e. The van der Waals surface area contributed by atoms with Crippen molar-refractivity contribution in [1.82, 2.24) is 4.90 Å². The zero-order chi connectivity index (χ0) is 23.0. The third-order valence-corrected chi connectivity index (χ3v) is 7.16. The summed E-state index contributed by atoms with van der Waals surface area (Å²) >= 11 is 0. The van der Waals surface area contributed by atoms with Gasteiger partial charge in [-0.3, -0.25) is 19.3 Å². The summed E-state index contributed by atoms with van der Waals surface area (Å²) in [5.41, 5.74) is 2.47. The van der Waals surface area contributed by atoms with Crippen LogP contribution in [0.1, 0.15) is 55.8 Å². The van der Waals surface area contributed by atoms with Gasteiger partial charge < -0.3 is 15.1 Å². The van der Waals surface area contributed by atoms with E-state index in [1.54, 1.807) is 15.9 Å². The standard InChI is InChI=1S/C26H30N4O3/c1-26-15-14-24(32)30(26)21-11-4-2-9-19(21)25(33)29(26)18-8-13-23(31)27-20-10-3-5-12-22(20)28-16-6-7-17-28/h2-5,9-12H,6-8,13-18H2,1H3,(H,27,31). The maximum Gasteiger partial charge on any atom is 0.257 e. The summed E-state index contributed by atoms with van der Waals surface area (Å²) < 4.78 is 0. The SMILES string of the molecule is CC12CCC(=O)N1c1ccccc1C(=O)N2CCCC(=O)Nc1ccccc1N1CCCC1. The fraction of sp³-hybridized carbons (Fsp3) is 0.423. The van der Waals surface area contributed by atoms with Gasteiger partial charge in [-0.2, -0.15) is 0 Å². The minimum Gasteiger partial charge on any atom is -0.370 e. The van der Waals surface area contributed by atoms with Gasteiger partial charge in [0.05, 0.1) is 22.6 Å². The molecule has 0 aromatic heterocycles. The van der Waals surface area contributed by atoms with E-state index in [-0.39, 0.29) is 17.7 Å². The fourth-order valence-corrected chi connectivity index (χ4v) is 5.47. The molecule has 0 spiro atoms. The number of nitrogens with zero attached hydrogens (tertiary/aromatic N) is 3. The highest BCUT2D eigenvalue weighted by Crippen LogP contribution is 2.44. The lowest BCUT2D eigenvalue weighted by molar-refractivity contribution is -0.118. The van der Waals surface area contributed by atoms with Crippen LogP contribution in [-0.2, 0) is 9.59 Å². The monoisotopic (exact) mass is 446 g/mol. The summed E-state index contributed by atoms with van der Waals surface area (Å²) in [5.74, 6) is -0.0893. The normalized spacial score (nSPS) is 21.9. The van der Waals surface area contributed by atoms with Crippen molar-refractivity contribution in [2.45, 2.75) is 51.1 Å². The lowest BCUT2D eigenvalue weighted by atomic mass is 9.98. The average Bonchev–Trinajstić information content (AvgIpc) is 3.45. The lowest BCUT2D eigenvalue weighted by Crippen LogP contribution is -2.62. The minimum absolute atomic E-state index is 0.0405. The molecule has 0 saturated carbocycles. The maximum atomic E-state index is 13.3. The van der Waals surface area contributed by atoms with Gasteiger partial charge in [0.15, 0.2) is 0 Å². The number of nitrogens with one attached hydrogen (secondary N) is 1. The summed E-state index contributed by atoms with van der Waals surface area (Å²) in [7, 11) is 0. The number of anilines is 3. The summed E-state index contributed by atoms with van der Waals surface area (Å²) in [6.07, 6.45) is 4.21. The molecule has 0 aliphatic carbocycles. The molecule has 1 unspecified atom stereocenters. The minimum atomic E-state index is -0.679. The quantitative estimate of drug-likeness (QED) is 0.728. The van der Waals surface area contributed by atoms with Gasteiger partial charge in [0.1, 0.15) is 5.66 Å². The van der Waals surface area contributed by atoms with Crippen LogP contribution in [0, 0.1) is 0 Å². The predicted octanol–water partition coefficient (Wildman–Crippen LogP) is 4.00. The Bertz CT molecular complexity index is 1090. The number of amides is 3. The molecule has 0 bridgehead atoms. The molecule has 172 valence electrons. The van der Waals surface area contributed by atoms with E-state index in [4.69, 9.17) is 0 Å².